The number of aliphatic hydroxyl groups is 1. The highest BCUT2D eigenvalue weighted by Gasteiger charge is 2.36. The number of likely N-dealkylation sites (N-methyl/N-ethyl adjacent to an activating group) is 1. The third-order valence-electron chi connectivity index (χ3n) is 5.16. The molecule has 1 fully saturated rings. The minimum atomic E-state index is -0.198. The van der Waals surface area contributed by atoms with Crippen LogP contribution in [0.15, 0.2) is 24.3 Å². The zero-order valence-electron chi connectivity index (χ0n) is 15.0. The van der Waals surface area contributed by atoms with E-state index >= 15 is 0 Å². The van der Waals surface area contributed by atoms with Gasteiger partial charge in [-0.3, -0.25) is 9.69 Å². The minimum Gasteiger partial charge on any atom is -0.497 e. The summed E-state index contributed by atoms with van der Waals surface area (Å²) < 4.78 is 5.13. The van der Waals surface area contributed by atoms with Crippen LogP contribution in [-0.2, 0) is 4.79 Å². The molecule has 1 aromatic rings. The molecular weight excluding hydrogens is 304 g/mol. The van der Waals surface area contributed by atoms with Crippen molar-refractivity contribution >= 4 is 11.6 Å². The number of benzene rings is 1. The van der Waals surface area contributed by atoms with Crippen LogP contribution in [0.5, 0.6) is 5.75 Å². The number of aliphatic hydroxyl groups excluding tert-OH is 1. The second kappa shape index (κ2) is 8.49. The van der Waals surface area contributed by atoms with Gasteiger partial charge in [0.1, 0.15) is 5.75 Å². The van der Waals surface area contributed by atoms with Crippen LogP contribution >= 0.6 is 0 Å². The van der Waals surface area contributed by atoms with Crippen molar-refractivity contribution in [3.05, 3.63) is 24.3 Å². The summed E-state index contributed by atoms with van der Waals surface area (Å²) in [6, 6.07) is 7.15. The molecule has 24 heavy (non-hydrogen) atoms. The molecule has 1 saturated carbocycles. The van der Waals surface area contributed by atoms with Crippen molar-refractivity contribution in [2.75, 3.05) is 32.6 Å². The van der Waals surface area contributed by atoms with Crippen molar-refractivity contribution in [3.8, 4) is 5.75 Å². The molecule has 134 valence electrons. The van der Waals surface area contributed by atoms with Crippen molar-refractivity contribution < 1.29 is 14.6 Å². The average molecular weight is 334 g/mol. The highest BCUT2D eigenvalue weighted by Crippen LogP contribution is 2.38. The van der Waals surface area contributed by atoms with Gasteiger partial charge < -0.3 is 15.2 Å². The number of hydrogen-bond donors (Lipinski definition) is 2. The van der Waals surface area contributed by atoms with Crippen LogP contribution in [0.1, 0.15) is 39.0 Å². The van der Waals surface area contributed by atoms with E-state index in [-0.39, 0.29) is 24.0 Å². The van der Waals surface area contributed by atoms with Crippen molar-refractivity contribution in [2.45, 2.75) is 45.1 Å². The number of amides is 1. The Kier molecular flexibility index (Phi) is 6.63. The number of hydrogen-bond acceptors (Lipinski definition) is 4. The second-order valence-corrected chi connectivity index (χ2v) is 6.92. The van der Waals surface area contributed by atoms with Gasteiger partial charge in [0.25, 0.3) is 0 Å². The summed E-state index contributed by atoms with van der Waals surface area (Å²) in [5.41, 5.74) is 0.730. The molecule has 0 aromatic heterocycles. The first-order chi connectivity index (χ1) is 11.5. The lowest BCUT2D eigenvalue weighted by atomic mass is 9.86. The molecule has 0 radical (unpaired) electrons. The molecule has 0 saturated heterocycles. The Hall–Kier alpha value is -1.59. The molecule has 1 aliphatic rings. The van der Waals surface area contributed by atoms with Gasteiger partial charge in [-0.15, -0.1) is 0 Å². The third-order valence-corrected chi connectivity index (χ3v) is 5.16. The smallest absolute Gasteiger partial charge is 0.241 e. The van der Waals surface area contributed by atoms with E-state index in [1.54, 1.807) is 7.11 Å². The quantitative estimate of drug-likeness (QED) is 0.767. The Labute approximate surface area is 145 Å². The molecule has 0 bridgehead atoms. The maximum atomic E-state index is 12.7. The van der Waals surface area contributed by atoms with Crippen molar-refractivity contribution in [1.82, 2.24) is 4.90 Å². The molecule has 5 nitrogen and oxygen atoms in total. The zero-order valence-corrected chi connectivity index (χ0v) is 15.0. The number of carbonyl (C=O) groups excluding carboxylic acids is 1. The monoisotopic (exact) mass is 334 g/mol. The third kappa shape index (κ3) is 4.48. The molecule has 0 unspecified atom stereocenters. The normalized spacial score (nSPS) is 17.7. The molecule has 1 aliphatic carbocycles. The lowest BCUT2D eigenvalue weighted by Crippen LogP contribution is -2.47. The number of methoxy groups -OCH3 is 1. The number of nitrogens with one attached hydrogen (secondary N) is 1. The fourth-order valence-corrected chi connectivity index (χ4v) is 3.73. The predicted molar refractivity (Wildman–Crippen MR) is 96.3 cm³/mol. The summed E-state index contributed by atoms with van der Waals surface area (Å²) >= 11 is 0. The standard InChI is InChI=1S/C19H30N2O3/c1-4-17(21(2)13-19(14-22)11-5-6-12-19)18(23)20-15-7-9-16(24-3)10-8-15/h7-10,17,22H,4-6,11-14H2,1-3H3,(H,20,23)/t17-/m1/s1. The van der Waals surface area contributed by atoms with Gasteiger partial charge >= 0.3 is 0 Å². The SMILES string of the molecule is CC[C@H](C(=O)Nc1ccc(OC)cc1)N(C)CC1(CO)CCCC1. The Morgan fingerprint density at radius 3 is 2.46 bits per heavy atom. The number of rotatable bonds is 8. The summed E-state index contributed by atoms with van der Waals surface area (Å²) in [5, 5.41) is 12.8. The van der Waals surface area contributed by atoms with E-state index in [4.69, 9.17) is 4.74 Å². The van der Waals surface area contributed by atoms with Crippen LogP contribution in [0, 0.1) is 5.41 Å². The lowest BCUT2D eigenvalue weighted by molar-refractivity contribution is -0.121. The fourth-order valence-electron chi connectivity index (χ4n) is 3.73. The molecule has 5 heteroatoms. The van der Waals surface area contributed by atoms with Crippen LogP contribution < -0.4 is 10.1 Å². The second-order valence-electron chi connectivity index (χ2n) is 6.92. The van der Waals surface area contributed by atoms with Gasteiger partial charge in [-0.1, -0.05) is 19.8 Å². The highest BCUT2D eigenvalue weighted by molar-refractivity contribution is 5.94. The molecule has 2 N–H and O–H groups in total. The van der Waals surface area contributed by atoms with E-state index in [1.165, 1.54) is 12.8 Å². The minimum absolute atomic E-state index is 0.00347. The fraction of sp³-hybridized carbons (Fsp3) is 0.632. The zero-order chi connectivity index (χ0) is 17.6. The van der Waals surface area contributed by atoms with Gasteiger partial charge in [-0.25, -0.2) is 0 Å². The van der Waals surface area contributed by atoms with E-state index in [1.807, 2.05) is 38.2 Å². The molecule has 0 aliphatic heterocycles. The number of ether oxygens (including phenoxy) is 1. The maximum absolute atomic E-state index is 12.7. The van der Waals surface area contributed by atoms with E-state index in [2.05, 4.69) is 10.2 Å². The van der Waals surface area contributed by atoms with Crippen molar-refractivity contribution in [1.29, 1.82) is 0 Å². The van der Waals surface area contributed by atoms with E-state index in [0.29, 0.717) is 0 Å². The number of anilines is 1. The Morgan fingerprint density at radius 1 is 1.33 bits per heavy atom. The molecule has 2 rings (SSSR count). The Morgan fingerprint density at radius 2 is 1.96 bits per heavy atom. The first-order valence-corrected chi connectivity index (χ1v) is 8.79. The molecule has 0 spiro atoms. The number of nitrogens with zero attached hydrogens (tertiary/aromatic N) is 1. The van der Waals surface area contributed by atoms with Gasteiger partial charge in [0.05, 0.1) is 13.2 Å². The lowest BCUT2D eigenvalue weighted by Gasteiger charge is -2.35. The largest absolute Gasteiger partial charge is 0.497 e. The van der Waals surface area contributed by atoms with Gasteiger partial charge in [0.15, 0.2) is 0 Å². The molecular formula is C19H30N2O3. The summed E-state index contributed by atoms with van der Waals surface area (Å²) in [6.45, 7) is 2.99. The van der Waals surface area contributed by atoms with Crippen LogP contribution in [0.3, 0.4) is 0 Å². The van der Waals surface area contributed by atoms with Gasteiger partial charge in [0, 0.05) is 24.3 Å². The van der Waals surface area contributed by atoms with Gasteiger partial charge in [-0.2, -0.15) is 0 Å². The summed E-state index contributed by atoms with van der Waals surface area (Å²) in [6.07, 6.45) is 5.17. The summed E-state index contributed by atoms with van der Waals surface area (Å²) in [7, 11) is 3.60. The van der Waals surface area contributed by atoms with Crippen LogP contribution in [-0.4, -0.2) is 49.3 Å². The Balaban J connectivity index is 1.98. The number of carbonyl (C=O) groups is 1. The first-order valence-electron chi connectivity index (χ1n) is 8.79. The molecule has 0 heterocycles. The topological polar surface area (TPSA) is 61.8 Å². The van der Waals surface area contributed by atoms with E-state index < -0.39 is 0 Å². The highest BCUT2D eigenvalue weighted by atomic mass is 16.5. The average Bonchev–Trinajstić information content (AvgIpc) is 3.05. The van der Waals surface area contributed by atoms with Crippen LogP contribution in [0.25, 0.3) is 0 Å². The summed E-state index contributed by atoms with van der Waals surface area (Å²) in [4.78, 5) is 14.8. The molecule has 1 amide bonds. The maximum Gasteiger partial charge on any atom is 0.241 e. The van der Waals surface area contributed by atoms with Gasteiger partial charge in [0.2, 0.25) is 5.91 Å². The summed E-state index contributed by atoms with van der Waals surface area (Å²) in [5.74, 6) is 0.763. The Bertz CT molecular complexity index is 524. The van der Waals surface area contributed by atoms with E-state index in [9.17, 15) is 9.90 Å². The van der Waals surface area contributed by atoms with Crippen molar-refractivity contribution in [3.63, 3.8) is 0 Å². The van der Waals surface area contributed by atoms with Crippen LogP contribution in [0.2, 0.25) is 0 Å². The molecule has 1 aromatic carbocycles. The van der Waals surface area contributed by atoms with Crippen molar-refractivity contribution in [2.24, 2.45) is 5.41 Å². The van der Waals surface area contributed by atoms with Gasteiger partial charge in [-0.05, 0) is 50.6 Å². The first kappa shape index (κ1) is 18.7. The van der Waals surface area contributed by atoms with E-state index in [0.717, 1.165) is 37.2 Å². The predicted octanol–water partition coefficient (Wildman–Crippen LogP) is 2.90. The molecule has 1 atom stereocenters. The van der Waals surface area contributed by atoms with Crippen LogP contribution in [0.4, 0.5) is 5.69 Å².